The SMILES string of the molecule is O=C([O-])C(=O)[O-].O=C([O-])C(=O)[O-].[O]=[V]=[O]. The van der Waals surface area contributed by atoms with Crippen molar-refractivity contribution in [3.8, 4) is 0 Å². The molecule has 0 amide bonds. The fourth-order valence-electron chi connectivity index (χ4n) is 0. The first-order valence-electron chi connectivity index (χ1n) is 2.50. The van der Waals surface area contributed by atoms with E-state index >= 15 is 0 Å². The second kappa shape index (κ2) is 12.1. The van der Waals surface area contributed by atoms with Gasteiger partial charge in [0.2, 0.25) is 0 Å². The van der Waals surface area contributed by atoms with Crippen LogP contribution in [-0.2, 0) is 42.7 Å². The molecule has 15 heavy (non-hydrogen) atoms. The summed E-state index contributed by atoms with van der Waals surface area (Å²) in [6.45, 7) is 0. The molecule has 11 heteroatoms. The van der Waals surface area contributed by atoms with Gasteiger partial charge in [-0.25, -0.2) is 0 Å². The van der Waals surface area contributed by atoms with Gasteiger partial charge in [0.05, 0.1) is 23.9 Å². The van der Waals surface area contributed by atoms with Crippen LogP contribution in [0.1, 0.15) is 0 Å². The van der Waals surface area contributed by atoms with Crippen LogP contribution >= 0.6 is 0 Å². The summed E-state index contributed by atoms with van der Waals surface area (Å²) in [5.41, 5.74) is 0. The third-order valence-corrected chi connectivity index (χ3v) is 0.333. The Balaban J connectivity index is -0.000000153. The summed E-state index contributed by atoms with van der Waals surface area (Å²) in [4.78, 5) is 35.7. The van der Waals surface area contributed by atoms with Gasteiger partial charge in [-0.05, 0) is 0 Å². The van der Waals surface area contributed by atoms with Crippen LogP contribution < -0.4 is 20.4 Å². The van der Waals surface area contributed by atoms with Crippen LogP contribution in [0, 0.1) is 0 Å². The van der Waals surface area contributed by atoms with Crippen molar-refractivity contribution in [1.82, 2.24) is 0 Å². The van der Waals surface area contributed by atoms with E-state index in [-0.39, 0.29) is 0 Å². The van der Waals surface area contributed by atoms with Crippen LogP contribution in [-0.4, -0.2) is 23.9 Å². The van der Waals surface area contributed by atoms with Crippen molar-refractivity contribution >= 4 is 23.9 Å². The molecule has 0 radical (unpaired) electrons. The molecule has 0 aromatic rings. The molecule has 0 aromatic heterocycles. The Morgan fingerprint density at radius 2 is 0.667 bits per heavy atom. The fourth-order valence-corrected chi connectivity index (χ4v) is 0. The van der Waals surface area contributed by atoms with Gasteiger partial charge in [-0.3, -0.25) is 0 Å². The number of aliphatic carboxylic acids is 4. The van der Waals surface area contributed by atoms with Gasteiger partial charge in [0, 0.05) is 0 Å². The van der Waals surface area contributed by atoms with Crippen molar-refractivity contribution in [3.63, 3.8) is 0 Å². The molecule has 10 nitrogen and oxygen atoms in total. The van der Waals surface area contributed by atoms with Crippen LogP contribution in [0.15, 0.2) is 0 Å². The average Bonchev–Trinajstić information content (AvgIpc) is 2.06. The van der Waals surface area contributed by atoms with Gasteiger partial charge in [0.15, 0.2) is 0 Å². The van der Waals surface area contributed by atoms with Crippen molar-refractivity contribution in [2.75, 3.05) is 0 Å². The summed E-state index contributed by atoms with van der Waals surface area (Å²) in [5, 5.41) is 35.7. The molecule has 0 spiro atoms. The van der Waals surface area contributed by atoms with E-state index in [1.165, 1.54) is 0 Å². The third-order valence-electron chi connectivity index (χ3n) is 0.333. The molecule has 0 atom stereocenters. The molecule has 0 aliphatic heterocycles. The minimum atomic E-state index is -2.19. The van der Waals surface area contributed by atoms with Gasteiger partial charge in [-0.15, -0.1) is 0 Å². The van der Waals surface area contributed by atoms with Crippen molar-refractivity contribution < 1.29 is 63.1 Å². The Bertz CT molecular complexity index is 238. The zero-order valence-corrected chi connectivity index (χ0v) is 7.93. The molecule has 0 unspecified atom stereocenters. The molecule has 0 heterocycles. The van der Waals surface area contributed by atoms with Gasteiger partial charge >= 0.3 is 23.5 Å². The van der Waals surface area contributed by atoms with E-state index in [2.05, 4.69) is 0 Å². The topological polar surface area (TPSA) is 195 Å². The normalized spacial score (nSPS) is 6.40. The Morgan fingerprint density at radius 1 is 0.600 bits per heavy atom. The maximum absolute atomic E-state index is 8.93. The number of hydrogen-bond donors (Lipinski definition) is 0. The molecule has 0 fully saturated rings. The van der Waals surface area contributed by atoms with Crippen LogP contribution in [0.4, 0.5) is 0 Å². The van der Waals surface area contributed by atoms with Crippen molar-refractivity contribution in [2.24, 2.45) is 0 Å². The maximum atomic E-state index is 8.93. The van der Waals surface area contributed by atoms with E-state index in [1.54, 1.807) is 0 Å². The second-order valence-corrected chi connectivity index (χ2v) is 1.46. The Hall–Kier alpha value is -1.94. The quantitative estimate of drug-likeness (QED) is 0.376. The predicted octanol–water partition coefficient (Wildman–Crippen LogP) is -7.27. The van der Waals surface area contributed by atoms with E-state index in [1.807, 2.05) is 0 Å². The van der Waals surface area contributed by atoms with E-state index in [9.17, 15) is 0 Å². The number of carbonyl (C=O) groups excluding carboxylic acids is 4. The Kier molecular flexibility index (Phi) is 15.1. The predicted molar refractivity (Wildman–Crippen MR) is 21.4 cm³/mol. The van der Waals surface area contributed by atoms with E-state index in [0.717, 1.165) is 0 Å². The van der Waals surface area contributed by atoms with Gasteiger partial charge in [-0.2, -0.15) is 0 Å². The first kappa shape index (κ1) is 18.8. The van der Waals surface area contributed by atoms with Crippen LogP contribution in [0.25, 0.3) is 0 Å². The van der Waals surface area contributed by atoms with Gasteiger partial charge < -0.3 is 39.6 Å². The molecule has 0 aromatic carbocycles. The Morgan fingerprint density at radius 3 is 0.667 bits per heavy atom. The summed E-state index contributed by atoms with van der Waals surface area (Å²) < 4.78 is 16.9. The summed E-state index contributed by atoms with van der Waals surface area (Å²) in [6.07, 6.45) is 0. The average molecular weight is 259 g/mol. The first-order valence-corrected chi connectivity index (χ1v) is 3.64. The van der Waals surface area contributed by atoms with Crippen LogP contribution in [0.3, 0.4) is 0 Å². The summed E-state index contributed by atoms with van der Waals surface area (Å²) in [7, 11) is 0. The zero-order valence-electron chi connectivity index (χ0n) is 6.53. The molecule has 0 aliphatic rings. The monoisotopic (exact) mass is 259 g/mol. The molecular formula is C4O10V-4. The molecule has 0 rings (SSSR count). The molecule has 0 saturated carbocycles. The number of carboxylic acids is 4. The van der Waals surface area contributed by atoms with Gasteiger partial charge in [-0.1, -0.05) is 0 Å². The number of hydrogen-bond acceptors (Lipinski definition) is 10. The molecule has 0 saturated heterocycles. The molecule has 0 N–H and O–H groups in total. The van der Waals surface area contributed by atoms with Gasteiger partial charge in [0.25, 0.3) is 0 Å². The van der Waals surface area contributed by atoms with Gasteiger partial charge in [0.1, 0.15) is 0 Å². The van der Waals surface area contributed by atoms with E-state index < -0.39 is 40.1 Å². The minimum absolute atomic E-state index is 1.81. The van der Waals surface area contributed by atoms with E-state index in [4.69, 9.17) is 47.0 Å². The number of rotatable bonds is 0. The molecular weight excluding hydrogens is 259 g/mol. The van der Waals surface area contributed by atoms with Crippen molar-refractivity contribution in [3.05, 3.63) is 0 Å². The summed E-state index contributed by atoms with van der Waals surface area (Å²) in [5.74, 6) is -8.74. The number of carboxylic acid groups (broad SMARTS) is 4. The summed E-state index contributed by atoms with van der Waals surface area (Å²) in [6, 6.07) is 0. The fraction of sp³-hybridized carbons (Fsp3) is 0. The van der Waals surface area contributed by atoms with Crippen LogP contribution in [0.2, 0.25) is 0 Å². The zero-order chi connectivity index (χ0) is 13.0. The second-order valence-electron chi connectivity index (χ2n) is 1.22. The van der Waals surface area contributed by atoms with Crippen molar-refractivity contribution in [1.29, 1.82) is 0 Å². The summed E-state index contributed by atoms with van der Waals surface area (Å²) >= 11 is -1.81. The van der Waals surface area contributed by atoms with Crippen molar-refractivity contribution in [2.45, 2.75) is 0 Å². The third kappa shape index (κ3) is 33.2. The van der Waals surface area contributed by atoms with E-state index in [0.29, 0.717) is 0 Å². The Labute approximate surface area is 87.7 Å². The first-order chi connectivity index (χ1) is 6.70. The molecule has 0 aliphatic carbocycles. The number of carbonyl (C=O) groups is 4. The standard InChI is InChI=1S/2C2H2O4.2O.V/c2*3-1(4)2(5)6;;;/h2*(H,3,4)(H,5,6);;;/p-4. The van der Waals surface area contributed by atoms with Crippen LogP contribution in [0.5, 0.6) is 0 Å². The molecule has 85 valence electrons. The molecule has 0 bridgehead atoms.